The fraction of sp³-hybridized carbons (Fsp3) is 0. The Balaban J connectivity index is 0. The smallest absolute Gasteiger partial charge is 0 e. The van der Waals surface area contributed by atoms with Crippen LogP contribution in [0.2, 0.25) is 0 Å². The molecular weight excluding hydrogens is 90.0 g/mol. The van der Waals surface area contributed by atoms with Crippen LogP contribution in [0.1, 0.15) is 0 Å². The van der Waals surface area contributed by atoms with Gasteiger partial charge in [-0.05, 0) is 0 Å². The van der Waals surface area contributed by atoms with Gasteiger partial charge >= 0.3 is 0 Å². The Bertz CT molecular complexity index is 8.75. The second-order valence-corrected chi connectivity index (χ2v) is 0. The van der Waals surface area contributed by atoms with Gasteiger partial charge in [0.15, 0.2) is 0 Å². The molecule has 6 radical (unpaired) electrons. The largest absolute Gasteiger partial charge is 0.412 e. The molecule has 0 aliphatic carbocycles. The van der Waals surface area contributed by atoms with Crippen molar-refractivity contribution >= 4 is 48.7 Å². The van der Waals surface area contributed by atoms with Crippen LogP contribution in [-0.2, 0) is 0 Å². The molecule has 0 amide bonds. The maximum absolute atomic E-state index is 0. The summed E-state index contributed by atoms with van der Waals surface area (Å²) in [6.07, 6.45) is 0. The van der Waals surface area contributed by atoms with Crippen LogP contribution in [0.4, 0.5) is 0 Å². The van der Waals surface area contributed by atoms with E-state index in [1.54, 1.807) is 0 Å². The van der Waals surface area contributed by atoms with E-state index in [4.69, 9.17) is 0 Å². The standard InChI is InChI=1S/2Li.3H2O.Si/h;;3*1H2;. The third-order valence-corrected chi connectivity index (χ3v) is 0. The average Bonchev–Trinajstić information content (AvgIpc) is 0. The van der Waals surface area contributed by atoms with Crippen LogP contribution in [-0.4, -0.2) is 65.1 Å². The molecule has 0 aliphatic heterocycles. The summed E-state index contributed by atoms with van der Waals surface area (Å²) in [4.78, 5) is 0. The summed E-state index contributed by atoms with van der Waals surface area (Å²) in [5.41, 5.74) is 0. The minimum Gasteiger partial charge on any atom is -0.412 e. The molecule has 0 heterocycles. The van der Waals surface area contributed by atoms with Crippen LogP contribution in [0.15, 0.2) is 0 Å². The van der Waals surface area contributed by atoms with Gasteiger partial charge in [-0.15, -0.1) is 0 Å². The van der Waals surface area contributed by atoms with Crippen molar-refractivity contribution in [2.75, 3.05) is 0 Å². The topological polar surface area (TPSA) is 94.5 Å². The molecule has 0 unspecified atom stereocenters. The quantitative estimate of drug-likeness (QED) is 0.278. The molecule has 0 fully saturated rings. The Kier molecular flexibility index (Phi) is 3040. The number of hydrogen-bond acceptors (Lipinski definition) is 0. The van der Waals surface area contributed by atoms with Crippen molar-refractivity contribution in [1.29, 1.82) is 0 Å². The van der Waals surface area contributed by atoms with E-state index in [1.165, 1.54) is 0 Å². The predicted molar refractivity (Wildman–Crippen MR) is 28.1 cm³/mol. The molecule has 0 bridgehead atoms. The van der Waals surface area contributed by atoms with E-state index < -0.39 is 0 Å². The summed E-state index contributed by atoms with van der Waals surface area (Å²) < 4.78 is 0. The van der Waals surface area contributed by atoms with E-state index in [1.807, 2.05) is 0 Å². The molecule has 6 heavy (non-hydrogen) atoms. The van der Waals surface area contributed by atoms with Crippen molar-refractivity contribution in [1.82, 2.24) is 0 Å². The minimum absolute atomic E-state index is 0. The molecule has 0 aromatic rings. The van der Waals surface area contributed by atoms with Crippen molar-refractivity contribution in [2.24, 2.45) is 0 Å². The molecule has 0 aromatic heterocycles. The van der Waals surface area contributed by atoms with E-state index in [2.05, 4.69) is 0 Å². The second kappa shape index (κ2) is 106. The number of rotatable bonds is 0. The predicted octanol–water partition coefficient (Wildman–Crippen LogP) is -3.62. The summed E-state index contributed by atoms with van der Waals surface area (Å²) in [6.45, 7) is 0. The van der Waals surface area contributed by atoms with Gasteiger partial charge in [0.1, 0.15) is 0 Å². The van der Waals surface area contributed by atoms with Gasteiger partial charge in [-0.2, -0.15) is 0 Å². The zero-order valence-electron chi connectivity index (χ0n) is 4.00. The fourth-order valence-electron chi connectivity index (χ4n) is 0. The molecule has 6 N–H and O–H groups in total. The molecule has 3 nitrogen and oxygen atoms in total. The molecule has 0 spiro atoms. The summed E-state index contributed by atoms with van der Waals surface area (Å²) in [6, 6.07) is 0. The first-order valence-corrected chi connectivity index (χ1v) is 0. The second-order valence-electron chi connectivity index (χ2n) is 0. The monoisotopic (exact) mass is 96.0 g/mol. The van der Waals surface area contributed by atoms with Gasteiger partial charge in [-0.3, -0.25) is 0 Å². The fourth-order valence-corrected chi connectivity index (χ4v) is 0. The maximum atomic E-state index is 0. The van der Waals surface area contributed by atoms with Gasteiger partial charge in [0.2, 0.25) is 0 Å². The summed E-state index contributed by atoms with van der Waals surface area (Å²) in [5, 5.41) is 0. The van der Waals surface area contributed by atoms with Crippen molar-refractivity contribution < 1.29 is 16.4 Å². The minimum atomic E-state index is 0. The number of hydrogen-bond donors (Lipinski definition) is 0. The van der Waals surface area contributed by atoms with E-state index >= 15 is 0 Å². The molecule has 0 aliphatic rings. The van der Waals surface area contributed by atoms with Crippen LogP contribution in [0.25, 0.3) is 0 Å². The maximum Gasteiger partial charge on any atom is 0 e. The summed E-state index contributed by atoms with van der Waals surface area (Å²) in [7, 11) is 0. The van der Waals surface area contributed by atoms with E-state index in [9.17, 15) is 0 Å². The Morgan fingerprint density at radius 1 is 0.500 bits per heavy atom. The van der Waals surface area contributed by atoms with Gasteiger partial charge in [0.25, 0.3) is 0 Å². The average molecular weight is 96.0 g/mol. The van der Waals surface area contributed by atoms with Crippen molar-refractivity contribution in [2.45, 2.75) is 0 Å². The Labute approximate surface area is 65.2 Å². The Hall–Kier alpha value is 1.29. The van der Waals surface area contributed by atoms with Gasteiger partial charge in [0, 0.05) is 48.7 Å². The third kappa shape index (κ3) is 58.4. The molecule has 0 saturated heterocycles. The van der Waals surface area contributed by atoms with E-state index in [-0.39, 0.29) is 65.1 Å². The zero-order valence-corrected chi connectivity index (χ0v) is 5.00. The van der Waals surface area contributed by atoms with Crippen LogP contribution in [0.5, 0.6) is 0 Å². The molecule has 6 heteroatoms. The first-order valence-electron chi connectivity index (χ1n) is 0. The molecule has 0 saturated carbocycles. The third-order valence-electron chi connectivity index (χ3n) is 0. The van der Waals surface area contributed by atoms with Gasteiger partial charge in [-0.1, -0.05) is 0 Å². The normalized spacial score (nSPS) is 0. The van der Waals surface area contributed by atoms with Crippen molar-refractivity contribution in [3.05, 3.63) is 0 Å². The molecule has 0 rings (SSSR count). The Morgan fingerprint density at radius 3 is 0.500 bits per heavy atom. The molecule has 0 atom stereocenters. The van der Waals surface area contributed by atoms with Crippen molar-refractivity contribution in [3.8, 4) is 0 Å². The Morgan fingerprint density at radius 2 is 0.500 bits per heavy atom. The SMILES string of the molecule is O.O.O.[Li].[Li].[Si]. The van der Waals surface area contributed by atoms with E-state index in [0.717, 1.165) is 0 Å². The van der Waals surface area contributed by atoms with Gasteiger partial charge < -0.3 is 16.4 Å². The zero-order chi connectivity index (χ0) is 0. The van der Waals surface area contributed by atoms with Gasteiger partial charge in [0.05, 0.1) is 0 Å². The molecule has 0 aromatic carbocycles. The molecule has 30 valence electrons. The van der Waals surface area contributed by atoms with Crippen LogP contribution in [0, 0.1) is 0 Å². The summed E-state index contributed by atoms with van der Waals surface area (Å²) in [5.74, 6) is 0. The van der Waals surface area contributed by atoms with Crippen LogP contribution in [0.3, 0.4) is 0 Å². The van der Waals surface area contributed by atoms with Crippen LogP contribution < -0.4 is 0 Å². The van der Waals surface area contributed by atoms with Gasteiger partial charge in [-0.25, -0.2) is 0 Å². The summed E-state index contributed by atoms with van der Waals surface area (Å²) >= 11 is 0. The first kappa shape index (κ1) is 173. The molecular formula is H6Li2O3Si. The first-order chi connectivity index (χ1) is 0. The van der Waals surface area contributed by atoms with Crippen LogP contribution >= 0.6 is 0 Å². The van der Waals surface area contributed by atoms with Crippen molar-refractivity contribution in [3.63, 3.8) is 0 Å². The van der Waals surface area contributed by atoms with E-state index in [0.29, 0.717) is 0 Å².